The second-order valence-electron chi connectivity index (χ2n) is 8.44. The van der Waals surface area contributed by atoms with Crippen LogP contribution in [0.25, 0.3) is 16.7 Å². The molecule has 1 aliphatic heterocycles. The van der Waals surface area contributed by atoms with Crippen molar-refractivity contribution in [2.75, 3.05) is 31.1 Å². The van der Waals surface area contributed by atoms with Crippen LogP contribution in [0.3, 0.4) is 0 Å². The lowest BCUT2D eigenvalue weighted by atomic mass is 10.0. The monoisotopic (exact) mass is 462 g/mol. The first-order chi connectivity index (χ1) is 15.9. The van der Waals surface area contributed by atoms with Gasteiger partial charge in [-0.1, -0.05) is 44.2 Å². The Morgan fingerprint density at radius 1 is 0.879 bits per heavy atom. The molecule has 0 aliphatic carbocycles. The van der Waals surface area contributed by atoms with Gasteiger partial charge in [-0.2, -0.15) is 9.40 Å². The molecule has 2 aromatic carbocycles. The number of anilines is 1. The van der Waals surface area contributed by atoms with Crippen molar-refractivity contribution in [2.45, 2.75) is 24.7 Å². The molecule has 0 saturated carbocycles. The van der Waals surface area contributed by atoms with E-state index < -0.39 is 10.0 Å². The summed E-state index contributed by atoms with van der Waals surface area (Å²) in [7, 11) is -3.53. The number of piperazine rings is 1. The summed E-state index contributed by atoms with van der Waals surface area (Å²) in [5.74, 6) is 1.14. The maximum atomic E-state index is 13.2. The van der Waals surface area contributed by atoms with Crippen molar-refractivity contribution in [3.8, 4) is 5.69 Å². The molecule has 0 unspecified atom stereocenters. The van der Waals surface area contributed by atoms with E-state index in [0.29, 0.717) is 37.0 Å². The van der Waals surface area contributed by atoms with Gasteiger partial charge >= 0.3 is 0 Å². The van der Waals surface area contributed by atoms with E-state index in [4.69, 9.17) is 0 Å². The molecule has 5 rings (SSSR count). The van der Waals surface area contributed by atoms with Crippen molar-refractivity contribution in [1.82, 2.24) is 24.1 Å². The molecule has 0 radical (unpaired) electrons. The van der Waals surface area contributed by atoms with E-state index in [9.17, 15) is 8.42 Å². The van der Waals surface area contributed by atoms with E-state index in [1.165, 1.54) is 6.33 Å². The first-order valence-electron chi connectivity index (χ1n) is 11.0. The summed E-state index contributed by atoms with van der Waals surface area (Å²) in [6.45, 7) is 6.07. The summed E-state index contributed by atoms with van der Waals surface area (Å²) < 4.78 is 29.7. The second-order valence-corrected chi connectivity index (χ2v) is 10.4. The van der Waals surface area contributed by atoms with Gasteiger partial charge in [0.1, 0.15) is 12.1 Å². The first kappa shape index (κ1) is 21.5. The number of aromatic nitrogens is 4. The van der Waals surface area contributed by atoms with Gasteiger partial charge in [-0.25, -0.2) is 23.1 Å². The minimum atomic E-state index is -3.53. The number of hydrogen-bond acceptors (Lipinski definition) is 6. The Bertz CT molecular complexity index is 1360. The molecule has 33 heavy (non-hydrogen) atoms. The molecule has 9 heteroatoms. The van der Waals surface area contributed by atoms with Gasteiger partial charge in [0.2, 0.25) is 10.0 Å². The molecule has 8 nitrogen and oxygen atoms in total. The van der Waals surface area contributed by atoms with Crippen LogP contribution in [0.15, 0.2) is 72.0 Å². The largest absolute Gasteiger partial charge is 0.353 e. The third-order valence-corrected chi connectivity index (χ3v) is 7.98. The highest BCUT2D eigenvalue weighted by atomic mass is 32.2. The van der Waals surface area contributed by atoms with Gasteiger partial charge in [0, 0.05) is 26.2 Å². The van der Waals surface area contributed by atoms with Crippen molar-refractivity contribution in [3.05, 3.63) is 72.7 Å². The molecule has 3 heterocycles. The van der Waals surface area contributed by atoms with Gasteiger partial charge in [0.05, 0.1) is 22.2 Å². The molecule has 2 aromatic heterocycles. The Morgan fingerprint density at radius 3 is 2.24 bits per heavy atom. The van der Waals surface area contributed by atoms with Crippen molar-refractivity contribution in [3.63, 3.8) is 0 Å². The third-order valence-electron chi connectivity index (χ3n) is 6.07. The fraction of sp³-hybridized carbons (Fsp3) is 0.292. The lowest BCUT2D eigenvalue weighted by Gasteiger charge is -2.34. The number of nitrogens with zero attached hydrogens (tertiary/aromatic N) is 6. The summed E-state index contributed by atoms with van der Waals surface area (Å²) >= 11 is 0. The SMILES string of the molecule is CC(C)c1ccc(S(=O)(=O)N2CCN(c3ncnc4c3cnn4-c3ccccc3)CC2)cc1. The lowest BCUT2D eigenvalue weighted by Crippen LogP contribution is -2.49. The number of sulfonamides is 1. The highest BCUT2D eigenvalue weighted by molar-refractivity contribution is 7.89. The second kappa shape index (κ2) is 8.57. The zero-order valence-electron chi connectivity index (χ0n) is 18.7. The van der Waals surface area contributed by atoms with Crippen molar-refractivity contribution < 1.29 is 8.42 Å². The van der Waals surface area contributed by atoms with E-state index in [2.05, 4.69) is 33.8 Å². The summed E-state index contributed by atoms with van der Waals surface area (Å²) in [5, 5.41) is 5.36. The van der Waals surface area contributed by atoms with E-state index in [1.54, 1.807) is 27.3 Å². The van der Waals surface area contributed by atoms with Crippen molar-refractivity contribution in [2.24, 2.45) is 0 Å². The van der Waals surface area contributed by atoms with Gasteiger partial charge in [-0.3, -0.25) is 0 Å². The summed E-state index contributed by atoms with van der Waals surface area (Å²) in [6.07, 6.45) is 3.31. The molecular formula is C24H26N6O2S. The standard InChI is InChI=1S/C24H26N6O2S/c1-18(2)19-8-10-21(11-9-19)33(31,32)29-14-12-28(13-15-29)23-22-16-27-30(24(22)26-17-25-23)20-6-4-3-5-7-20/h3-11,16-18H,12-15H2,1-2H3. The van der Waals surface area contributed by atoms with Crippen LogP contribution in [0.4, 0.5) is 5.82 Å². The molecular weight excluding hydrogens is 436 g/mol. The van der Waals surface area contributed by atoms with Crippen LogP contribution in [-0.4, -0.2) is 58.7 Å². The zero-order valence-corrected chi connectivity index (χ0v) is 19.5. The number of hydrogen-bond donors (Lipinski definition) is 0. The summed E-state index contributed by atoms with van der Waals surface area (Å²) in [5.41, 5.74) is 2.78. The van der Waals surface area contributed by atoms with Gasteiger partial charge < -0.3 is 4.90 Å². The highest BCUT2D eigenvalue weighted by Gasteiger charge is 2.30. The average Bonchev–Trinajstić information content (AvgIpc) is 3.29. The molecule has 0 N–H and O–H groups in total. The Hall–Kier alpha value is -3.30. The third kappa shape index (κ3) is 3.98. The Morgan fingerprint density at radius 2 is 1.58 bits per heavy atom. The Kier molecular flexibility index (Phi) is 5.59. The van der Waals surface area contributed by atoms with Gasteiger partial charge in [-0.15, -0.1) is 0 Å². The minimum Gasteiger partial charge on any atom is -0.353 e. The van der Waals surface area contributed by atoms with Crippen LogP contribution < -0.4 is 4.90 Å². The van der Waals surface area contributed by atoms with E-state index in [-0.39, 0.29) is 0 Å². The van der Waals surface area contributed by atoms with E-state index in [0.717, 1.165) is 28.1 Å². The summed E-state index contributed by atoms with van der Waals surface area (Å²) in [4.78, 5) is 11.4. The molecule has 0 bridgehead atoms. The smallest absolute Gasteiger partial charge is 0.243 e. The van der Waals surface area contributed by atoms with Crippen molar-refractivity contribution >= 4 is 26.9 Å². The zero-order chi connectivity index (χ0) is 23.0. The number of rotatable bonds is 5. The van der Waals surface area contributed by atoms with Crippen LogP contribution in [0.2, 0.25) is 0 Å². The van der Waals surface area contributed by atoms with E-state index >= 15 is 0 Å². The number of fused-ring (bicyclic) bond motifs is 1. The molecule has 0 spiro atoms. The van der Waals surface area contributed by atoms with Crippen LogP contribution in [0.1, 0.15) is 25.3 Å². The average molecular weight is 463 g/mol. The molecule has 1 saturated heterocycles. The van der Waals surface area contributed by atoms with E-state index in [1.807, 2.05) is 42.5 Å². The van der Waals surface area contributed by atoms with Gasteiger partial charge in [0.25, 0.3) is 0 Å². The lowest BCUT2D eigenvalue weighted by molar-refractivity contribution is 0.384. The predicted octanol–water partition coefficient (Wildman–Crippen LogP) is 3.45. The number of para-hydroxylation sites is 1. The summed E-state index contributed by atoms with van der Waals surface area (Å²) in [6, 6.07) is 17.1. The quantitative estimate of drug-likeness (QED) is 0.452. The van der Waals surface area contributed by atoms with Crippen LogP contribution in [-0.2, 0) is 10.0 Å². The fourth-order valence-corrected chi connectivity index (χ4v) is 5.58. The molecule has 1 fully saturated rings. The van der Waals surface area contributed by atoms with Crippen LogP contribution in [0.5, 0.6) is 0 Å². The van der Waals surface area contributed by atoms with Crippen LogP contribution in [0, 0.1) is 0 Å². The normalized spacial score (nSPS) is 15.4. The molecule has 4 aromatic rings. The molecule has 1 aliphatic rings. The molecule has 170 valence electrons. The minimum absolute atomic E-state index is 0.342. The first-order valence-corrected chi connectivity index (χ1v) is 12.5. The Labute approximate surface area is 193 Å². The Balaban J connectivity index is 1.35. The topological polar surface area (TPSA) is 84.2 Å². The van der Waals surface area contributed by atoms with Gasteiger partial charge in [0.15, 0.2) is 5.65 Å². The maximum absolute atomic E-state index is 13.2. The predicted molar refractivity (Wildman–Crippen MR) is 128 cm³/mol. The van der Waals surface area contributed by atoms with Crippen molar-refractivity contribution in [1.29, 1.82) is 0 Å². The molecule has 0 atom stereocenters. The van der Waals surface area contributed by atoms with Crippen LogP contribution >= 0.6 is 0 Å². The number of benzene rings is 2. The molecule has 0 amide bonds. The highest BCUT2D eigenvalue weighted by Crippen LogP contribution is 2.27. The maximum Gasteiger partial charge on any atom is 0.243 e. The van der Waals surface area contributed by atoms with Gasteiger partial charge in [-0.05, 0) is 35.7 Å². The fourth-order valence-electron chi connectivity index (χ4n) is 4.16.